The zero-order valence-corrected chi connectivity index (χ0v) is 21.3. The molecule has 28 heavy (non-hydrogen) atoms. The topological polar surface area (TPSA) is 36.9 Å². The summed E-state index contributed by atoms with van der Waals surface area (Å²) in [5.41, 5.74) is 0. The largest absolute Gasteiger partial charge is 0.490 e. The molecule has 0 unspecified atom stereocenters. The monoisotopic (exact) mass is 526 g/mol. The predicted molar refractivity (Wildman–Crippen MR) is 120 cm³/mol. The molecule has 1 aromatic carbocycles. The third-order valence-electron chi connectivity index (χ3n) is 3.77. The van der Waals surface area contributed by atoms with Gasteiger partial charge in [-0.1, -0.05) is 0 Å². The van der Waals surface area contributed by atoms with Gasteiger partial charge >= 0.3 is 0 Å². The van der Waals surface area contributed by atoms with Crippen LogP contribution in [0.2, 0.25) is 0 Å². The van der Waals surface area contributed by atoms with E-state index >= 15 is 0 Å². The Labute approximate surface area is 187 Å². The number of ether oxygens (including phenoxy) is 4. The van der Waals surface area contributed by atoms with Gasteiger partial charge in [-0.3, -0.25) is 0 Å². The smallest absolute Gasteiger partial charge is 0.134 e. The van der Waals surface area contributed by atoms with Crippen LogP contribution in [0.25, 0.3) is 0 Å². The minimum absolute atomic E-state index is 0.502. The fourth-order valence-electron chi connectivity index (χ4n) is 2.03. The van der Waals surface area contributed by atoms with E-state index in [1.165, 1.54) is 0 Å². The molecule has 1 rings (SSSR count). The number of hydrogen-bond donors (Lipinski definition) is 0. The Kier molecular flexibility index (Phi) is 11.3. The van der Waals surface area contributed by atoms with Gasteiger partial charge in [0, 0.05) is 0 Å². The molecule has 0 aromatic heterocycles. The van der Waals surface area contributed by atoms with Gasteiger partial charge in [0.05, 0.1) is 77.7 Å². The van der Waals surface area contributed by atoms with Crippen molar-refractivity contribution in [3.05, 3.63) is 21.1 Å². The van der Waals surface area contributed by atoms with Gasteiger partial charge in [0.1, 0.15) is 37.8 Å². The molecule has 0 aliphatic carbocycles. The summed E-state index contributed by atoms with van der Waals surface area (Å²) in [7, 11) is 12.9. The first-order valence-corrected chi connectivity index (χ1v) is 11.1. The van der Waals surface area contributed by atoms with Crippen molar-refractivity contribution in [2.75, 3.05) is 95.0 Å². The quantitative estimate of drug-likeness (QED) is 0.274. The second kappa shape index (κ2) is 12.3. The molecule has 0 radical (unpaired) electrons. The highest BCUT2D eigenvalue weighted by molar-refractivity contribution is 9.11. The van der Waals surface area contributed by atoms with E-state index in [4.69, 9.17) is 18.9 Å². The summed E-state index contributed by atoms with van der Waals surface area (Å²) in [6, 6.07) is 3.81. The van der Waals surface area contributed by atoms with Crippen LogP contribution in [-0.2, 0) is 9.47 Å². The van der Waals surface area contributed by atoms with Gasteiger partial charge in [0.25, 0.3) is 0 Å². The van der Waals surface area contributed by atoms with Crippen molar-refractivity contribution in [1.29, 1.82) is 0 Å². The molecule has 0 heterocycles. The van der Waals surface area contributed by atoms with Crippen LogP contribution in [0.4, 0.5) is 0 Å². The molecule has 0 bridgehead atoms. The second-order valence-electron chi connectivity index (χ2n) is 8.66. The molecule has 0 fully saturated rings. The molecular formula is C20H36Br2N2O4+2. The summed E-state index contributed by atoms with van der Waals surface area (Å²) in [6.45, 7) is 5.52. The molecule has 0 amide bonds. The lowest BCUT2D eigenvalue weighted by atomic mass is 10.3. The van der Waals surface area contributed by atoms with Crippen molar-refractivity contribution in [1.82, 2.24) is 0 Å². The summed E-state index contributed by atoms with van der Waals surface area (Å²) in [4.78, 5) is 0. The van der Waals surface area contributed by atoms with Crippen molar-refractivity contribution >= 4 is 31.9 Å². The molecule has 6 nitrogen and oxygen atoms in total. The maximum absolute atomic E-state index is 5.81. The Morgan fingerprint density at radius 2 is 0.964 bits per heavy atom. The Hall–Kier alpha value is -0.380. The third kappa shape index (κ3) is 12.2. The van der Waals surface area contributed by atoms with Crippen molar-refractivity contribution in [2.24, 2.45) is 0 Å². The van der Waals surface area contributed by atoms with E-state index in [2.05, 4.69) is 74.1 Å². The molecular weight excluding hydrogens is 492 g/mol. The van der Waals surface area contributed by atoms with Gasteiger partial charge in [-0.25, -0.2) is 0 Å². The van der Waals surface area contributed by atoms with Crippen molar-refractivity contribution in [3.63, 3.8) is 0 Å². The lowest BCUT2D eigenvalue weighted by Gasteiger charge is -2.23. The summed E-state index contributed by atoms with van der Waals surface area (Å²) in [5, 5.41) is 0. The molecule has 0 saturated heterocycles. The summed E-state index contributed by atoms with van der Waals surface area (Å²) in [5.74, 6) is 1.52. The Bertz CT molecular complexity index is 535. The number of halogens is 2. The first-order chi connectivity index (χ1) is 13.0. The predicted octanol–water partition coefficient (Wildman–Crippen LogP) is 3.41. The van der Waals surface area contributed by atoms with Gasteiger partial charge in [-0.05, 0) is 44.0 Å². The molecule has 0 saturated carbocycles. The lowest BCUT2D eigenvalue weighted by molar-refractivity contribution is -0.870. The van der Waals surface area contributed by atoms with Crippen molar-refractivity contribution in [3.8, 4) is 11.5 Å². The average molecular weight is 528 g/mol. The van der Waals surface area contributed by atoms with Gasteiger partial charge < -0.3 is 27.9 Å². The van der Waals surface area contributed by atoms with Crippen LogP contribution in [0.3, 0.4) is 0 Å². The third-order valence-corrected chi connectivity index (χ3v) is 5.01. The van der Waals surface area contributed by atoms with E-state index in [1.807, 2.05) is 12.1 Å². The van der Waals surface area contributed by atoms with Crippen molar-refractivity contribution in [2.45, 2.75) is 0 Å². The Morgan fingerprint density at radius 1 is 0.607 bits per heavy atom. The zero-order valence-electron chi connectivity index (χ0n) is 18.1. The standard InChI is InChI=1S/C20H36Br2N2O4/c1-23(2,3)7-9-25-11-13-27-19-15-18(22)20(16-17(19)21)28-14-12-26-10-8-24(4,5)6/h15-16H,7-14H2,1-6H3/q+2. The second-order valence-corrected chi connectivity index (χ2v) is 10.4. The number of nitrogens with zero attached hydrogens (tertiary/aromatic N) is 2. The molecule has 1 aromatic rings. The van der Waals surface area contributed by atoms with E-state index < -0.39 is 0 Å². The Balaban J connectivity index is 2.31. The van der Waals surface area contributed by atoms with Crippen LogP contribution >= 0.6 is 31.9 Å². The van der Waals surface area contributed by atoms with Crippen LogP contribution < -0.4 is 9.47 Å². The number of benzene rings is 1. The average Bonchev–Trinajstić information content (AvgIpc) is 2.55. The first kappa shape index (κ1) is 25.7. The first-order valence-electron chi connectivity index (χ1n) is 9.49. The van der Waals surface area contributed by atoms with E-state index in [0.717, 1.165) is 55.7 Å². The fourth-order valence-corrected chi connectivity index (χ4v) is 2.91. The van der Waals surface area contributed by atoms with Crippen LogP contribution in [0.15, 0.2) is 21.1 Å². The molecule has 0 spiro atoms. The van der Waals surface area contributed by atoms with E-state index in [0.29, 0.717) is 26.4 Å². The number of likely N-dealkylation sites (N-methyl/N-ethyl adjacent to an activating group) is 2. The number of quaternary nitrogens is 2. The normalized spacial score (nSPS) is 12.3. The van der Waals surface area contributed by atoms with Gasteiger partial charge in [0.15, 0.2) is 0 Å². The van der Waals surface area contributed by atoms with E-state index in [9.17, 15) is 0 Å². The molecule has 0 aliphatic heterocycles. The minimum atomic E-state index is 0.502. The fraction of sp³-hybridized carbons (Fsp3) is 0.700. The Morgan fingerprint density at radius 3 is 1.29 bits per heavy atom. The van der Waals surface area contributed by atoms with Crippen LogP contribution in [-0.4, -0.2) is 104 Å². The van der Waals surface area contributed by atoms with Crippen LogP contribution in [0.5, 0.6) is 11.5 Å². The summed E-state index contributed by atoms with van der Waals surface area (Å²) >= 11 is 7.09. The van der Waals surface area contributed by atoms with E-state index in [-0.39, 0.29) is 0 Å². The molecule has 162 valence electrons. The maximum atomic E-state index is 5.81. The van der Waals surface area contributed by atoms with Crippen molar-refractivity contribution < 1.29 is 27.9 Å². The lowest BCUT2D eigenvalue weighted by Crippen LogP contribution is -2.37. The number of rotatable bonds is 14. The highest BCUT2D eigenvalue weighted by atomic mass is 79.9. The van der Waals surface area contributed by atoms with Gasteiger partial charge in [-0.15, -0.1) is 0 Å². The summed E-state index contributed by atoms with van der Waals surface area (Å²) in [6.07, 6.45) is 0. The maximum Gasteiger partial charge on any atom is 0.134 e. The molecule has 0 atom stereocenters. The van der Waals surface area contributed by atoms with Gasteiger partial charge in [0.2, 0.25) is 0 Å². The molecule has 8 heteroatoms. The van der Waals surface area contributed by atoms with Crippen LogP contribution in [0, 0.1) is 0 Å². The SMILES string of the molecule is C[N+](C)(C)CCOCCOc1cc(Br)c(OCCOCC[N+](C)(C)C)cc1Br. The highest BCUT2D eigenvalue weighted by Gasteiger charge is 2.10. The molecule has 0 N–H and O–H groups in total. The highest BCUT2D eigenvalue weighted by Crippen LogP contribution is 2.36. The molecule has 0 aliphatic rings. The van der Waals surface area contributed by atoms with Crippen LogP contribution in [0.1, 0.15) is 0 Å². The van der Waals surface area contributed by atoms with E-state index in [1.54, 1.807) is 0 Å². The number of hydrogen-bond acceptors (Lipinski definition) is 4. The minimum Gasteiger partial charge on any atom is -0.490 e. The van der Waals surface area contributed by atoms with Gasteiger partial charge in [-0.2, -0.15) is 0 Å². The summed E-state index contributed by atoms with van der Waals surface area (Å²) < 4.78 is 26.3. The zero-order chi connectivity index (χ0) is 21.2.